The molecule has 0 aliphatic carbocycles. The second kappa shape index (κ2) is 6.78. The van der Waals surface area contributed by atoms with E-state index in [1.54, 1.807) is 6.07 Å². The van der Waals surface area contributed by atoms with Gasteiger partial charge in [0.05, 0.1) is 11.4 Å². The van der Waals surface area contributed by atoms with Gasteiger partial charge in [0.25, 0.3) is 0 Å². The van der Waals surface area contributed by atoms with Crippen molar-refractivity contribution in [1.29, 1.82) is 5.41 Å². The molecule has 0 saturated heterocycles. The van der Waals surface area contributed by atoms with Crippen molar-refractivity contribution in [2.45, 2.75) is 19.8 Å². The predicted octanol–water partition coefficient (Wildman–Crippen LogP) is 0.678. The number of amides is 1. The number of carbonyl (C=O) groups is 1. The van der Waals surface area contributed by atoms with Crippen LogP contribution < -0.4 is 16.8 Å². The van der Waals surface area contributed by atoms with Crippen LogP contribution in [0.25, 0.3) is 0 Å². The van der Waals surface area contributed by atoms with E-state index in [-0.39, 0.29) is 34.6 Å². The Kier molecular flexibility index (Phi) is 5.37. The van der Waals surface area contributed by atoms with E-state index in [9.17, 15) is 4.79 Å². The summed E-state index contributed by atoms with van der Waals surface area (Å²) in [5, 5.41) is 13.6. The van der Waals surface area contributed by atoms with Crippen molar-refractivity contribution < 1.29 is 9.32 Å². The van der Waals surface area contributed by atoms with Crippen LogP contribution in [0.5, 0.6) is 0 Å². The van der Waals surface area contributed by atoms with Crippen LogP contribution in [0.15, 0.2) is 15.6 Å². The lowest BCUT2D eigenvalue weighted by Crippen LogP contribution is -2.24. The summed E-state index contributed by atoms with van der Waals surface area (Å²) >= 11 is 0.907. The molecule has 0 unspecified atom stereocenters. The van der Waals surface area contributed by atoms with E-state index in [4.69, 9.17) is 21.4 Å². The van der Waals surface area contributed by atoms with Gasteiger partial charge in [0.1, 0.15) is 0 Å². The molecule has 9 heteroatoms. The van der Waals surface area contributed by atoms with Crippen LogP contribution in [0.1, 0.15) is 25.5 Å². The third-order valence-electron chi connectivity index (χ3n) is 1.95. The molecular weight excluding hydrogens is 268 g/mol. The minimum Gasteiger partial charge on any atom is -0.370 e. The van der Waals surface area contributed by atoms with Gasteiger partial charge in [-0.25, -0.2) is 0 Å². The molecule has 8 nitrogen and oxygen atoms in total. The fourth-order valence-electron chi connectivity index (χ4n) is 1.08. The molecule has 1 heterocycles. The van der Waals surface area contributed by atoms with Crippen molar-refractivity contribution in [2.24, 2.45) is 16.5 Å². The quantitative estimate of drug-likeness (QED) is 0.472. The zero-order valence-electron chi connectivity index (χ0n) is 10.6. The van der Waals surface area contributed by atoms with Crippen LogP contribution in [-0.4, -0.2) is 27.9 Å². The number of nitrogens with zero attached hydrogens (tertiary/aromatic N) is 2. The number of rotatable bonds is 4. The highest BCUT2D eigenvalue weighted by atomic mass is 32.2. The maximum absolute atomic E-state index is 11.6. The van der Waals surface area contributed by atoms with Crippen molar-refractivity contribution in [2.75, 3.05) is 11.1 Å². The zero-order valence-corrected chi connectivity index (χ0v) is 11.5. The Hall–Kier alpha value is -2.03. The molecule has 0 aliphatic rings. The first-order valence-electron chi connectivity index (χ1n) is 5.46. The summed E-state index contributed by atoms with van der Waals surface area (Å²) < 4.78 is 4.96. The lowest BCUT2D eigenvalue weighted by Gasteiger charge is -2.00. The number of hydrogen-bond acceptors (Lipinski definition) is 5. The maximum atomic E-state index is 11.6. The number of hydrogen-bond donors (Lipinski definition) is 4. The summed E-state index contributed by atoms with van der Waals surface area (Å²) in [6, 6.07) is 1.66. The van der Waals surface area contributed by atoms with Gasteiger partial charge in [-0.1, -0.05) is 30.8 Å². The van der Waals surface area contributed by atoms with Gasteiger partial charge in [-0.15, -0.1) is 0 Å². The van der Waals surface area contributed by atoms with E-state index < -0.39 is 0 Å². The van der Waals surface area contributed by atoms with E-state index in [2.05, 4.69) is 15.5 Å². The summed E-state index contributed by atoms with van der Waals surface area (Å²) in [5.41, 5.74) is 11.0. The first-order valence-corrected chi connectivity index (χ1v) is 6.44. The number of nitrogens with two attached hydrogens (primary N) is 2. The number of aromatic nitrogens is 1. The van der Waals surface area contributed by atoms with Gasteiger partial charge in [0, 0.05) is 6.07 Å². The number of aliphatic imine (C=N–C) groups is 1. The minimum atomic E-state index is -0.327. The van der Waals surface area contributed by atoms with E-state index >= 15 is 0 Å². The summed E-state index contributed by atoms with van der Waals surface area (Å²) in [6.45, 7) is 3.94. The van der Waals surface area contributed by atoms with E-state index in [1.165, 1.54) is 0 Å². The minimum absolute atomic E-state index is 0.00727. The highest BCUT2D eigenvalue weighted by Crippen LogP contribution is 2.17. The number of nitrogens with one attached hydrogen (secondary N) is 2. The van der Waals surface area contributed by atoms with Crippen LogP contribution in [0.3, 0.4) is 0 Å². The Balaban J connectivity index is 2.43. The largest absolute Gasteiger partial charge is 0.370 e. The molecule has 19 heavy (non-hydrogen) atoms. The fourth-order valence-corrected chi connectivity index (χ4v) is 1.59. The lowest BCUT2D eigenvalue weighted by molar-refractivity contribution is -0.113. The lowest BCUT2D eigenvalue weighted by atomic mass is 10.1. The van der Waals surface area contributed by atoms with Crippen LogP contribution in [-0.2, 0) is 4.79 Å². The molecule has 6 N–H and O–H groups in total. The van der Waals surface area contributed by atoms with Crippen LogP contribution in [0, 0.1) is 5.41 Å². The van der Waals surface area contributed by atoms with E-state index in [1.807, 2.05) is 13.8 Å². The number of thioether (sulfide) groups is 1. The second-order valence-electron chi connectivity index (χ2n) is 3.95. The van der Waals surface area contributed by atoms with Crippen molar-refractivity contribution in [1.82, 2.24) is 5.16 Å². The molecule has 104 valence electrons. The Morgan fingerprint density at radius 1 is 1.63 bits per heavy atom. The van der Waals surface area contributed by atoms with Crippen molar-refractivity contribution in [3.63, 3.8) is 0 Å². The molecule has 1 amide bonds. The first kappa shape index (κ1) is 15.0. The van der Waals surface area contributed by atoms with Crippen molar-refractivity contribution in [3.8, 4) is 0 Å². The van der Waals surface area contributed by atoms with Crippen molar-refractivity contribution >= 4 is 34.7 Å². The molecular formula is C10H16N6O2S. The maximum Gasteiger partial charge on any atom is 0.237 e. The van der Waals surface area contributed by atoms with Crippen molar-refractivity contribution in [3.05, 3.63) is 11.8 Å². The van der Waals surface area contributed by atoms with Gasteiger partial charge >= 0.3 is 0 Å². The number of carbonyl (C=O) groups excluding carboxylic acids is 1. The van der Waals surface area contributed by atoms with Crippen LogP contribution in [0.4, 0.5) is 5.88 Å². The average molecular weight is 284 g/mol. The van der Waals surface area contributed by atoms with Crippen LogP contribution >= 0.6 is 11.8 Å². The third kappa shape index (κ3) is 5.42. The molecule has 0 saturated carbocycles. The summed E-state index contributed by atoms with van der Waals surface area (Å²) in [4.78, 5) is 15.0. The van der Waals surface area contributed by atoms with Crippen LogP contribution in [0.2, 0.25) is 0 Å². The standard InChI is InChI=1S/C10H16N6O2S/c1-5(2)6-3-8(18-16-6)14-7(17)4-19-10(13)15-9(11)12/h3,5H,4H2,1-2H3,(H,14,17)(H5,11,12,13,15). The third-order valence-corrected chi connectivity index (χ3v) is 2.72. The molecule has 1 rings (SSSR count). The average Bonchev–Trinajstić information content (AvgIpc) is 2.74. The number of guanidine groups is 1. The molecule has 1 aromatic heterocycles. The fraction of sp³-hybridized carbons (Fsp3) is 0.400. The number of amidine groups is 1. The van der Waals surface area contributed by atoms with Gasteiger partial charge in [-0.3, -0.25) is 15.5 Å². The normalized spacial score (nSPS) is 10.3. The highest BCUT2D eigenvalue weighted by molar-refractivity contribution is 8.14. The van der Waals surface area contributed by atoms with Gasteiger partial charge in [-0.2, -0.15) is 4.99 Å². The number of anilines is 1. The molecule has 0 bridgehead atoms. The molecule has 0 atom stereocenters. The Morgan fingerprint density at radius 2 is 2.32 bits per heavy atom. The summed E-state index contributed by atoms with van der Waals surface area (Å²) in [5.74, 6) is -0.0314. The first-order chi connectivity index (χ1) is 8.88. The summed E-state index contributed by atoms with van der Waals surface area (Å²) in [6.07, 6.45) is 0. The van der Waals surface area contributed by atoms with Gasteiger partial charge in [0.15, 0.2) is 11.1 Å². The Labute approximate surface area is 114 Å². The smallest absolute Gasteiger partial charge is 0.237 e. The van der Waals surface area contributed by atoms with Gasteiger partial charge in [0.2, 0.25) is 11.8 Å². The predicted molar refractivity (Wildman–Crippen MR) is 75.2 cm³/mol. The van der Waals surface area contributed by atoms with Gasteiger partial charge < -0.3 is 16.0 Å². The Morgan fingerprint density at radius 3 is 2.84 bits per heavy atom. The SMILES string of the molecule is CC(C)c1cc(NC(=O)CSC(=N)N=C(N)N)on1. The topological polar surface area (TPSA) is 143 Å². The van der Waals surface area contributed by atoms with E-state index in [0.29, 0.717) is 0 Å². The molecule has 0 aromatic carbocycles. The molecule has 0 aliphatic heterocycles. The second-order valence-corrected chi connectivity index (χ2v) is 4.91. The molecule has 0 fully saturated rings. The summed E-state index contributed by atoms with van der Waals surface area (Å²) in [7, 11) is 0. The highest BCUT2D eigenvalue weighted by Gasteiger charge is 2.11. The molecule has 0 radical (unpaired) electrons. The van der Waals surface area contributed by atoms with Gasteiger partial charge in [-0.05, 0) is 5.92 Å². The van der Waals surface area contributed by atoms with E-state index in [0.717, 1.165) is 17.5 Å². The molecule has 0 spiro atoms. The monoisotopic (exact) mass is 284 g/mol. The Bertz CT molecular complexity index is 492. The molecule has 1 aromatic rings. The zero-order chi connectivity index (χ0) is 14.4.